The van der Waals surface area contributed by atoms with E-state index in [0.717, 1.165) is 37.8 Å². The Morgan fingerprint density at radius 3 is 1.76 bits per heavy atom. The van der Waals surface area contributed by atoms with E-state index in [1.54, 1.807) is 0 Å². The van der Waals surface area contributed by atoms with Crippen LogP contribution >= 0.6 is 0 Å². The van der Waals surface area contributed by atoms with Gasteiger partial charge in [0.25, 0.3) is 0 Å². The predicted octanol–water partition coefficient (Wildman–Crippen LogP) is 1.15. The molecule has 3 aliphatic heterocycles. The summed E-state index contributed by atoms with van der Waals surface area (Å²) in [5, 5.41) is 13.1. The number of nitrogens with one attached hydrogen (secondary N) is 1. The van der Waals surface area contributed by atoms with Gasteiger partial charge >= 0.3 is 0 Å². The van der Waals surface area contributed by atoms with Crippen molar-refractivity contribution < 1.29 is 5.11 Å². The number of likely N-dealkylation sites (tertiary alicyclic amines) is 2. The van der Waals surface area contributed by atoms with Crippen molar-refractivity contribution in [1.29, 1.82) is 0 Å². The monoisotopic (exact) mass is 295 g/mol. The Balaban J connectivity index is 1.33. The average Bonchev–Trinajstić information content (AvgIpc) is 2.53. The van der Waals surface area contributed by atoms with Gasteiger partial charge in [0.05, 0.1) is 6.10 Å². The van der Waals surface area contributed by atoms with Crippen molar-refractivity contribution in [3.8, 4) is 0 Å². The standard InChI is InChI=1S/C17H33N3O/c21-17-5-11-20(12-6-17)14-16-3-9-19(10-4-16)13-15-1-7-18-8-2-15/h15-18,21H,1-14H2. The third kappa shape index (κ3) is 4.92. The molecule has 3 heterocycles. The number of piperidine rings is 3. The molecule has 0 aromatic carbocycles. The fraction of sp³-hybridized carbons (Fsp3) is 1.00. The molecule has 122 valence electrons. The second-order valence-electron chi connectivity index (χ2n) is 7.47. The van der Waals surface area contributed by atoms with Crippen molar-refractivity contribution in [3.63, 3.8) is 0 Å². The van der Waals surface area contributed by atoms with Gasteiger partial charge in [-0.3, -0.25) is 0 Å². The Labute approximate surface area is 129 Å². The molecule has 4 heteroatoms. The molecule has 4 nitrogen and oxygen atoms in total. The van der Waals surface area contributed by atoms with Gasteiger partial charge in [-0.05, 0) is 76.5 Å². The molecule has 0 spiro atoms. The number of rotatable bonds is 4. The maximum atomic E-state index is 9.59. The first kappa shape index (κ1) is 15.7. The summed E-state index contributed by atoms with van der Waals surface area (Å²) in [6, 6.07) is 0. The molecule has 0 amide bonds. The average molecular weight is 295 g/mol. The molecule has 0 aromatic heterocycles. The van der Waals surface area contributed by atoms with Crippen molar-refractivity contribution in [3.05, 3.63) is 0 Å². The predicted molar refractivity (Wildman–Crippen MR) is 86.4 cm³/mol. The Morgan fingerprint density at radius 2 is 1.19 bits per heavy atom. The van der Waals surface area contributed by atoms with E-state index in [9.17, 15) is 5.11 Å². The molecule has 2 N–H and O–H groups in total. The number of aliphatic hydroxyl groups excluding tert-OH is 1. The van der Waals surface area contributed by atoms with Crippen LogP contribution in [-0.4, -0.2) is 73.4 Å². The number of hydrogen-bond acceptors (Lipinski definition) is 4. The lowest BCUT2D eigenvalue weighted by Gasteiger charge is -2.38. The van der Waals surface area contributed by atoms with Crippen LogP contribution in [0.2, 0.25) is 0 Å². The van der Waals surface area contributed by atoms with Crippen LogP contribution in [0.15, 0.2) is 0 Å². The van der Waals surface area contributed by atoms with E-state index in [1.165, 1.54) is 65.0 Å². The van der Waals surface area contributed by atoms with Gasteiger partial charge in [0.1, 0.15) is 0 Å². The largest absolute Gasteiger partial charge is 0.393 e. The topological polar surface area (TPSA) is 38.7 Å². The zero-order valence-corrected chi connectivity index (χ0v) is 13.5. The minimum absolute atomic E-state index is 0.0342. The highest BCUT2D eigenvalue weighted by Gasteiger charge is 2.25. The van der Waals surface area contributed by atoms with Crippen LogP contribution in [0.3, 0.4) is 0 Å². The van der Waals surface area contributed by atoms with E-state index in [0.29, 0.717) is 0 Å². The Hall–Kier alpha value is -0.160. The van der Waals surface area contributed by atoms with E-state index in [2.05, 4.69) is 15.1 Å². The van der Waals surface area contributed by atoms with Crippen LogP contribution in [0.25, 0.3) is 0 Å². The highest BCUT2D eigenvalue weighted by Crippen LogP contribution is 2.22. The van der Waals surface area contributed by atoms with E-state index < -0.39 is 0 Å². The van der Waals surface area contributed by atoms with E-state index in [1.807, 2.05) is 0 Å². The van der Waals surface area contributed by atoms with Crippen LogP contribution in [0, 0.1) is 11.8 Å². The van der Waals surface area contributed by atoms with Crippen LogP contribution in [0.5, 0.6) is 0 Å². The molecule has 0 aliphatic carbocycles. The summed E-state index contributed by atoms with van der Waals surface area (Å²) >= 11 is 0. The van der Waals surface area contributed by atoms with Gasteiger partial charge in [0, 0.05) is 26.2 Å². The summed E-state index contributed by atoms with van der Waals surface area (Å²) in [7, 11) is 0. The van der Waals surface area contributed by atoms with Crippen LogP contribution in [0.1, 0.15) is 38.5 Å². The number of nitrogens with zero attached hydrogens (tertiary/aromatic N) is 2. The van der Waals surface area contributed by atoms with E-state index >= 15 is 0 Å². The molecule has 0 bridgehead atoms. The van der Waals surface area contributed by atoms with Crippen molar-refractivity contribution in [2.24, 2.45) is 11.8 Å². The summed E-state index contributed by atoms with van der Waals surface area (Å²) in [5.74, 6) is 1.83. The molecule has 0 unspecified atom stereocenters. The molecule has 21 heavy (non-hydrogen) atoms. The summed E-state index contributed by atoms with van der Waals surface area (Å²) in [6.45, 7) is 9.89. The van der Waals surface area contributed by atoms with Crippen molar-refractivity contribution in [1.82, 2.24) is 15.1 Å². The molecular formula is C17H33N3O. The molecule has 3 fully saturated rings. The molecule has 0 aromatic rings. The first-order valence-corrected chi connectivity index (χ1v) is 9.13. The quantitative estimate of drug-likeness (QED) is 0.816. The first-order valence-electron chi connectivity index (χ1n) is 9.13. The van der Waals surface area contributed by atoms with E-state index in [-0.39, 0.29) is 6.10 Å². The van der Waals surface area contributed by atoms with Gasteiger partial charge in [-0.1, -0.05) is 0 Å². The highest BCUT2D eigenvalue weighted by atomic mass is 16.3. The smallest absolute Gasteiger partial charge is 0.0564 e. The maximum absolute atomic E-state index is 9.59. The summed E-state index contributed by atoms with van der Waals surface area (Å²) < 4.78 is 0. The molecule has 3 aliphatic rings. The summed E-state index contributed by atoms with van der Waals surface area (Å²) in [4.78, 5) is 5.30. The SMILES string of the molecule is OC1CCN(CC2CCN(CC3CCNCC3)CC2)CC1. The van der Waals surface area contributed by atoms with Gasteiger partial charge < -0.3 is 20.2 Å². The maximum Gasteiger partial charge on any atom is 0.0564 e. The fourth-order valence-corrected chi connectivity index (χ4v) is 4.25. The minimum atomic E-state index is -0.0342. The highest BCUT2D eigenvalue weighted by molar-refractivity contribution is 4.80. The van der Waals surface area contributed by atoms with Crippen LogP contribution in [-0.2, 0) is 0 Å². The third-order valence-corrected chi connectivity index (χ3v) is 5.76. The zero-order chi connectivity index (χ0) is 14.5. The molecule has 0 atom stereocenters. The van der Waals surface area contributed by atoms with Crippen LogP contribution in [0.4, 0.5) is 0 Å². The minimum Gasteiger partial charge on any atom is -0.393 e. The number of aliphatic hydroxyl groups is 1. The Bertz CT molecular complexity index is 290. The molecular weight excluding hydrogens is 262 g/mol. The summed E-state index contributed by atoms with van der Waals surface area (Å²) in [6.07, 6.45) is 7.43. The van der Waals surface area contributed by atoms with Crippen molar-refractivity contribution in [2.75, 3.05) is 52.4 Å². The normalized spacial score (nSPS) is 29.0. The van der Waals surface area contributed by atoms with Gasteiger partial charge in [-0.2, -0.15) is 0 Å². The second kappa shape index (κ2) is 7.91. The lowest BCUT2D eigenvalue weighted by Crippen LogP contribution is -2.44. The molecule has 0 radical (unpaired) electrons. The molecule has 3 saturated heterocycles. The van der Waals surface area contributed by atoms with Gasteiger partial charge in [-0.15, -0.1) is 0 Å². The molecule has 0 saturated carbocycles. The third-order valence-electron chi connectivity index (χ3n) is 5.76. The Morgan fingerprint density at radius 1 is 0.714 bits per heavy atom. The summed E-state index contributed by atoms with van der Waals surface area (Å²) in [5.41, 5.74) is 0. The first-order chi connectivity index (χ1) is 10.3. The van der Waals surface area contributed by atoms with Gasteiger partial charge in [-0.25, -0.2) is 0 Å². The number of hydrogen-bond donors (Lipinski definition) is 2. The van der Waals surface area contributed by atoms with Crippen molar-refractivity contribution in [2.45, 2.75) is 44.6 Å². The van der Waals surface area contributed by atoms with Gasteiger partial charge in [0.2, 0.25) is 0 Å². The van der Waals surface area contributed by atoms with Crippen molar-refractivity contribution >= 4 is 0 Å². The lowest BCUT2D eigenvalue weighted by molar-refractivity contribution is 0.0629. The van der Waals surface area contributed by atoms with E-state index in [4.69, 9.17) is 0 Å². The zero-order valence-electron chi connectivity index (χ0n) is 13.5. The molecule has 3 rings (SSSR count). The Kier molecular flexibility index (Phi) is 5.92. The fourth-order valence-electron chi connectivity index (χ4n) is 4.25. The second-order valence-corrected chi connectivity index (χ2v) is 7.47. The van der Waals surface area contributed by atoms with Gasteiger partial charge in [0.15, 0.2) is 0 Å². The van der Waals surface area contributed by atoms with Crippen LogP contribution < -0.4 is 5.32 Å². The lowest BCUT2D eigenvalue weighted by atomic mass is 9.92.